The Hall–Kier alpha value is -0.730. The molecule has 2 rings (SSSR count). The van der Waals surface area contributed by atoms with Gasteiger partial charge in [-0.2, -0.15) is 0 Å². The van der Waals surface area contributed by atoms with Crippen LogP contribution < -0.4 is 10.1 Å². The Morgan fingerprint density at radius 3 is 2.81 bits per heavy atom. The van der Waals surface area contributed by atoms with E-state index in [9.17, 15) is 0 Å². The summed E-state index contributed by atoms with van der Waals surface area (Å²) in [5.74, 6) is 1.79. The van der Waals surface area contributed by atoms with E-state index in [4.69, 9.17) is 16.3 Å². The Morgan fingerprint density at radius 1 is 1.33 bits per heavy atom. The fourth-order valence-corrected chi connectivity index (χ4v) is 3.06. The van der Waals surface area contributed by atoms with Crippen LogP contribution in [-0.4, -0.2) is 19.7 Å². The van der Waals surface area contributed by atoms with Crippen molar-refractivity contribution in [3.63, 3.8) is 0 Å². The van der Waals surface area contributed by atoms with Crippen LogP contribution >= 0.6 is 11.6 Å². The van der Waals surface area contributed by atoms with Crippen molar-refractivity contribution in [1.82, 2.24) is 5.32 Å². The second-order valence-electron chi connectivity index (χ2n) is 7.34. The lowest BCUT2D eigenvalue weighted by Crippen LogP contribution is -2.32. The lowest BCUT2D eigenvalue weighted by Gasteiger charge is -2.26. The highest BCUT2D eigenvalue weighted by Crippen LogP contribution is 2.35. The Morgan fingerprint density at radius 2 is 2.10 bits per heavy atom. The van der Waals surface area contributed by atoms with Gasteiger partial charge in [-0.1, -0.05) is 39.3 Å². The molecule has 1 aromatic rings. The van der Waals surface area contributed by atoms with E-state index >= 15 is 0 Å². The first-order valence-corrected chi connectivity index (χ1v) is 8.40. The summed E-state index contributed by atoms with van der Waals surface area (Å²) in [6.45, 7) is 12.1. The summed E-state index contributed by atoms with van der Waals surface area (Å²) in [5, 5.41) is 4.41. The Labute approximate surface area is 134 Å². The topological polar surface area (TPSA) is 21.3 Å². The third-order valence-corrected chi connectivity index (χ3v) is 4.27. The van der Waals surface area contributed by atoms with E-state index in [-0.39, 0.29) is 5.41 Å². The maximum atomic E-state index is 6.23. The van der Waals surface area contributed by atoms with Crippen molar-refractivity contribution in [1.29, 1.82) is 0 Å². The number of rotatable bonds is 7. The van der Waals surface area contributed by atoms with Gasteiger partial charge in [0.05, 0.1) is 6.61 Å². The smallest absolute Gasteiger partial charge is 0.125 e. The van der Waals surface area contributed by atoms with Gasteiger partial charge in [0.15, 0.2) is 0 Å². The average Bonchev–Trinajstić information content (AvgIpc) is 2.83. The van der Waals surface area contributed by atoms with Crippen molar-refractivity contribution < 1.29 is 4.74 Å². The van der Waals surface area contributed by atoms with Crippen molar-refractivity contribution in [2.75, 3.05) is 19.7 Å². The summed E-state index contributed by atoms with van der Waals surface area (Å²) in [7, 11) is 0. The molecule has 0 fully saturated rings. The number of fused-ring (bicyclic) bond motifs is 1. The SMILES string of the molecule is CC(C)CNCC(C)(C)CCc1cc(Cl)cc2c1OCC2. The van der Waals surface area contributed by atoms with Crippen LogP contribution in [0.2, 0.25) is 5.02 Å². The number of hydrogen-bond acceptors (Lipinski definition) is 2. The van der Waals surface area contributed by atoms with E-state index in [1.165, 1.54) is 11.1 Å². The zero-order valence-electron chi connectivity index (χ0n) is 13.8. The summed E-state index contributed by atoms with van der Waals surface area (Å²) in [6.07, 6.45) is 3.15. The lowest BCUT2D eigenvalue weighted by molar-refractivity contribution is 0.304. The van der Waals surface area contributed by atoms with Crippen LogP contribution in [-0.2, 0) is 12.8 Å². The van der Waals surface area contributed by atoms with E-state index in [1.807, 2.05) is 6.07 Å². The predicted octanol–water partition coefficient (Wildman–Crippen LogP) is 4.48. The van der Waals surface area contributed by atoms with Gasteiger partial charge in [-0.15, -0.1) is 0 Å². The number of aryl methyl sites for hydroxylation is 1. The van der Waals surface area contributed by atoms with Gasteiger partial charge in [-0.05, 0) is 54.0 Å². The molecular weight excluding hydrogens is 282 g/mol. The van der Waals surface area contributed by atoms with Crippen molar-refractivity contribution >= 4 is 11.6 Å². The zero-order valence-corrected chi connectivity index (χ0v) is 14.5. The Balaban J connectivity index is 1.93. The highest BCUT2D eigenvalue weighted by Gasteiger charge is 2.21. The summed E-state index contributed by atoms with van der Waals surface area (Å²) in [4.78, 5) is 0. The zero-order chi connectivity index (χ0) is 15.5. The molecule has 0 aliphatic carbocycles. The van der Waals surface area contributed by atoms with E-state index in [0.29, 0.717) is 5.92 Å². The Bertz CT molecular complexity index is 482. The molecule has 1 heterocycles. The largest absolute Gasteiger partial charge is 0.493 e. The molecular formula is C18H28ClNO. The van der Waals surface area contributed by atoms with Gasteiger partial charge < -0.3 is 10.1 Å². The highest BCUT2D eigenvalue weighted by atomic mass is 35.5. The van der Waals surface area contributed by atoms with Crippen LogP contribution in [0.25, 0.3) is 0 Å². The summed E-state index contributed by atoms with van der Waals surface area (Å²) in [5.41, 5.74) is 2.82. The maximum absolute atomic E-state index is 6.23. The van der Waals surface area contributed by atoms with E-state index in [2.05, 4.69) is 39.1 Å². The lowest BCUT2D eigenvalue weighted by atomic mass is 9.85. The normalized spacial score (nSPS) is 14.4. The van der Waals surface area contributed by atoms with E-state index < -0.39 is 0 Å². The molecule has 1 aromatic carbocycles. The van der Waals surface area contributed by atoms with Gasteiger partial charge in [-0.3, -0.25) is 0 Å². The molecule has 0 bridgehead atoms. The minimum absolute atomic E-state index is 0.280. The van der Waals surface area contributed by atoms with Crippen LogP contribution in [0.1, 0.15) is 45.2 Å². The summed E-state index contributed by atoms with van der Waals surface area (Å²) in [6, 6.07) is 4.12. The number of ether oxygens (including phenoxy) is 1. The van der Waals surface area contributed by atoms with Gasteiger partial charge in [0, 0.05) is 18.0 Å². The third-order valence-electron chi connectivity index (χ3n) is 4.05. The molecule has 0 spiro atoms. The first kappa shape index (κ1) is 16.6. The molecule has 2 nitrogen and oxygen atoms in total. The quantitative estimate of drug-likeness (QED) is 0.802. The Kier molecular flexibility index (Phi) is 5.56. The highest BCUT2D eigenvalue weighted by molar-refractivity contribution is 6.30. The molecule has 0 atom stereocenters. The first-order chi connectivity index (χ1) is 9.87. The second kappa shape index (κ2) is 7.02. The minimum atomic E-state index is 0.280. The van der Waals surface area contributed by atoms with E-state index in [0.717, 1.165) is 49.7 Å². The minimum Gasteiger partial charge on any atom is -0.493 e. The molecule has 0 saturated heterocycles. The van der Waals surface area contributed by atoms with Crippen LogP contribution in [0.15, 0.2) is 12.1 Å². The first-order valence-electron chi connectivity index (χ1n) is 8.02. The molecule has 118 valence electrons. The fourth-order valence-electron chi connectivity index (χ4n) is 2.79. The van der Waals surface area contributed by atoms with Crippen LogP contribution in [0.4, 0.5) is 0 Å². The molecule has 1 aliphatic heterocycles. The molecule has 3 heteroatoms. The van der Waals surface area contributed by atoms with Crippen LogP contribution in [0, 0.1) is 11.3 Å². The molecule has 0 amide bonds. The summed E-state index contributed by atoms with van der Waals surface area (Å²) >= 11 is 6.23. The number of nitrogens with one attached hydrogen (secondary N) is 1. The standard InChI is InChI=1S/C18H28ClNO/c1-13(2)11-20-12-18(3,4)7-5-14-9-16(19)10-15-6-8-21-17(14)15/h9-10,13,20H,5-8,11-12H2,1-4H3. The van der Waals surface area contributed by atoms with Gasteiger partial charge >= 0.3 is 0 Å². The summed E-state index contributed by atoms with van der Waals surface area (Å²) < 4.78 is 5.79. The van der Waals surface area contributed by atoms with Crippen molar-refractivity contribution in [2.45, 2.75) is 47.0 Å². The molecule has 0 saturated carbocycles. The van der Waals surface area contributed by atoms with Crippen LogP contribution in [0.3, 0.4) is 0 Å². The van der Waals surface area contributed by atoms with Gasteiger partial charge in [0.2, 0.25) is 0 Å². The maximum Gasteiger partial charge on any atom is 0.125 e. The molecule has 1 aliphatic rings. The average molecular weight is 310 g/mol. The fraction of sp³-hybridized carbons (Fsp3) is 0.667. The third kappa shape index (κ3) is 4.89. The number of hydrogen-bond donors (Lipinski definition) is 1. The van der Waals surface area contributed by atoms with Crippen molar-refractivity contribution in [2.24, 2.45) is 11.3 Å². The number of benzene rings is 1. The van der Waals surface area contributed by atoms with E-state index in [1.54, 1.807) is 0 Å². The van der Waals surface area contributed by atoms with Gasteiger partial charge in [-0.25, -0.2) is 0 Å². The molecule has 0 unspecified atom stereocenters. The molecule has 21 heavy (non-hydrogen) atoms. The van der Waals surface area contributed by atoms with Gasteiger partial charge in [0.25, 0.3) is 0 Å². The predicted molar refractivity (Wildman–Crippen MR) is 90.5 cm³/mol. The van der Waals surface area contributed by atoms with Crippen LogP contribution in [0.5, 0.6) is 5.75 Å². The van der Waals surface area contributed by atoms with Crippen molar-refractivity contribution in [3.8, 4) is 5.75 Å². The second-order valence-corrected chi connectivity index (χ2v) is 7.78. The number of halogens is 1. The van der Waals surface area contributed by atoms with Gasteiger partial charge in [0.1, 0.15) is 5.75 Å². The molecule has 1 N–H and O–H groups in total. The molecule has 0 radical (unpaired) electrons. The monoisotopic (exact) mass is 309 g/mol. The van der Waals surface area contributed by atoms with Crippen molar-refractivity contribution in [3.05, 3.63) is 28.3 Å². The molecule has 0 aromatic heterocycles.